The van der Waals surface area contributed by atoms with Crippen molar-refractivity contribution in [1.29, 1.82) is 0 Å². The largest absolute Gasteiger partial charge is 0.336 e. The second-order valence-corrected chi connectivity index (χ2v) is 6.23. The van der Waals surface area contributed by atoms with E-state index in [2.05, 4.69) is 46.0 Å². The third kappa shape index (κ3) is 3.65. The van der Waals surface area contributed by atoms with Gasteiger partial charge in [-0.1, -0.05) is 20.8 Å². The highest BCUT2D eigenvalue weighted by molar-refractivity contribution is 7.09. The van der Waals surface area contributed by atoms with E-state index >= 15 is 0 Å². The first-order valence-corrected chi connectivity index (χ1v) is 7.05. The van der Waals surface area contributed by atoms with Crippen LogP contribution in [0.3, 0.4) is 0 Å². The first-order valence-electron chi connectivity index (χ1n) is 6.17. The molecule has 0 fully saturated rings. The minimum Gasteiger partial charge on any atom is -0.336 e. The van der Waals surface area contributed by atoms with E-state index in [-0.39, 0.29) is 5.41 Å². The molecule has 5 heteroatoms. The molecule has 2 heterocycles. The Morgan fingerprint density at radius 1 is 1.39 bits per heavy atom. The van der Waals surface area contributed by atoms with Crippen molar-refractivity contribution in [2.75, 3.05) is 6.54 Å². The molecule has 0 bridgehead atoms. The van der Waals surface area contributed by atoms with Crippen molar-refractivity contribution in [2.24, 2.45) is 0 Å². The molecule has 0 radical (unpaired) electrons. The van der Waals surface area contributed by atoms with Crippen molar-refractivity contribution in [3.63, 3.8) is 0 Å². The molecule has 1 N–H and O–H groups in total. The lowest BCUT2D eigenvalue weighted by atomic mass is 9.98. The Balaban J connectivity index is 1.75. The zero-order valence-corrected chi connectivity index (χ0v) is 12.0. The molecule has 2 aromatic heterocycles. The topological polar surface area (TPSA) is 42.7 Å². The van der Waals surface area contributed by atoms with E-state index in [9.17, 15) is 0 Å². The van der Waals surface area contributed by atoms with Crippen LogP contribution < -0.4 is 5.32 Å². The molecule has 0 aliphatic carbocycles. The van der Waals surface area contributed by atoms with Crippen molar-refractivity contribution in [2.45, 2.75) is 39.3 Å². The highest BCUT2D eigenvalue weighted by atomic mass is 32.1. The Morgan fingerprint density at radius 3 is 2.83 bits per heavy atom. The summed E-state index contributed by atoms with van der Waals surface area (Å²) in [5.74, 6) is 0. The van der Waals surface area contributed by atoms with Gasteiger partial charge in [0.1, 0.15) is 0 Å². The normalized spacial score (nSPS) is 11.9. The summed E-state index contributed by atoms with van der Waals surface area (Å²) in [7, 11) is 0. The van der Waals surface area contributed by atoms with Gasteiger partial charge in [-0.2, -0.15) is 0 Å². The standard InChI is InChI=1S/C13H20N4S/c1-13(2,3)12-16-11(9-18-12)8-14-4-6-17-7-5-15-10-17/h5,7,9-10,14H,4,6,8H2,1-3H3. The van der Waals surface area contributed by atoms with Crippen molar-refractivity contribution in [3.05, 3.63) is 34.8 Å². The average Bonchev–Trinajstić information content (AvgIpc) is 2.95. The van der Waals surface area contributed by atoms with Crippen LogP contribution in [0.4, 0.5) is 0 Å². The van der Waals surface area contributed by atoms with Gasteiger partial charge in [0.05, 0.1) is 17.0 Å². The summed E-state index contributed by atoms with van der Waals surface area (Å²) < 4.78 is 2.06. The summed E-state index contributed by atoms with van der Waals surface area (Å²) in [5, 5.41) is 6.75. The van der Waals surface area contributed by atoms with E-state index in [4.69, 9.17) is 0 Å². The Bertz CT molecular complexity index is 467. The molecule has 18 heavy (non-hydrogen) atoms. The molecule has 0 unspecified atom stereocenters. The second-order valence-electron chi connectivity index (χ2n) is 5.37. The first kappa shape index (κ1) is 13.2. The van der Waals surface area contributed by atoms with Gasteiger partial charge in [0.15, 0.2) is 0 Å². The number of nitrogens with zero attached hydrogens (tertiary/aromatic N) is 3. The minimum atomic E-state index is 0.153. The molecular weight excluding hydrogens is 244 g/mol. The first-order chi connectivity index (χ1) is 8.55. The molecular formula is C13H20N4S. The SMILES string of the molecule is CC(C)(C)c1nc(CNCCn2ccnc2)cs1. The number of thiazole rings is 1. The number of aromatic nitrogens is 3. The van der Waals surface area contributed by atoms with E-state index in [1.54, 1.807) is 17.5 Å². The van der Waals surface area contributed by atoms with Gasteiger partial charge in [-0.3, -0.25) is 0 Å². The van der Waals surface area contributed by atoms with Gasteiger partial charge in [0.25, 0.3) is 0 Å². The molecule has 0 saturated carbocycles. The summed E-state index contributed by atoms with van der Waals surface area (Å²) in [6, 6.07) is 0. The molecule has 2 rings (SSSR count). The molecule has 0 saturated heterocycles. The molecule has 0 atom stereocenters. The molecule has 0 aromatic carbocycles. The molecule has 0 amide bonds. The average molecular weight is 264 g/mol. The monoisotopic (exact) mass is 264 g/mol. The van der Waals surface area contributed by atoms with Crippen molar-refractivity contribution in [3.8, 4) is 0 Å². The maximum absolute atomic E-state index is 4.65. The second kappa shape index (κ2) is 5.63. The molecule has 0 spiro atoms. The zero-order chi connectivity index (χ0) is 13.0. The van der Waals surface area contributed by atoms with Gasteiger partial charge < -0.3 is 9.88 Å². The van der Waals surface area contributed by atoms with Crippen molar-refractivity contribution >= 4 is 11.3 Å². The number of hydrogen-bond acceptors (Lipinski definition) is 4. The van der Waals surface area contributed by atoms with Crippen molar-refractivity contribution < 1.29 is 0 Å². The third-order valence-corrected chi connectivity index (χ3v) is 3.92. The maximum atomic E-state index is 4.65. The zero-order valence-electron chi connectivity index (χ0n) is 11.2. The fourth-order valence-electron chi connectivity index (χ4n) is 1.58. The molecule has 2 aromatic rings. The van der Waals surface area contributed by atoms with Gasteiger partial charge in [-0.25, -0.2) is 9.97 Å². The highest BCUT2D eigenvalue weighted by Gasteiger charge is 2.17. The van der Waals surface area contributed by atoms with Crippen LogP contribution in [0, 0.1) is 0 Å². The summed E-state index contributed by atoms with van der Waals surface area (Å²) in [4.78, 5) is 8.67. The van der Waals surface area contributed by atoms with E-state index in [1.807, 2.05) is 12.5 Å². The molecule has 98 valence electrons. The van der Waals surface area contributed by atoms with Crippen LogP contribution in [0.15, 0.2) is 24.1 Å². The van der Waals surface area contributed by atoms with E-state index in [0.717, 1.165) is 25.3 Å². The van der Waals surface area contributed by atoms with Gasteiger partial charge in [-0.15, -0.1) is 11.3 Å². The lowest BCUT2D eigenvalue weighted by Crippen LogP contribution is -2.19. The molecule has 4 nitrogen and oxygen atoms in total. The van der Waals surface area contributed by atoms with Gasteiger partial charge in [0, 0.05) is 42.8 Å². The lowest BCUT2D eigenvalue weighted by Gasteiger charge is -2.13. The Kier molecular flexibility index (Phi) is 4.14. The minimum absolute atomic E-state index is 0.153. The highest BCUT2D eigenvalue weighted by Crippen LogP contribution is 2.25. The quantitative estimate of drug-likeness (QED) is 0.843. The number of imidazole rings is 1. The number of hydrogen-bond donors (Lipinski definition) is 1. The van der Waals surface area contributed by atoms with Crippen molar-refractivity contribution in [1.82, 2.24) is 19.9 Å². The summed E-state index contributed by atoms with van der Waals surface area (Å²) in [6.07, 6.45) is 5.61. The maximum Gasteiger partial charge on any atom is 0.0982 e. The van der Waals surface area contributed by atoms with Crippen LogP contribution in [0.1, 0.15) is 31.5 Å². The van der Waals surface area contributed by atoms with Crippen LogP contribution in [0.2, 0.25) is 0 Å². The van der Waals surface area contributed by atoms with Crippen LogP contribution in [0.5, 0.6) is 0 Å². The fraction of sp³-hybridized carbons (Fsp3) is 0.538. The Hall–Kier alpha value is -1.20. The number of rotatable bonds is 5. The van der Waals surface area contributed by atoms with E-state index < -0.39 is 0 Å². The fourth-order valence-corrected chi connectivity index (χ4v) is 2.48. The predicted octanol–water partition coefficient (Wildman–Crippen LogP) is 2.43. The van der Waals surface area contributed by atoms with Crippen LogP contribution in [0.25, 0.3) is 0 Å². The smallest absolute Gasteiger partial charge is 0.0982 e. The molecule has 0 aliphatic rings. The summed E-state index contributed by atoms with van der Waals surface area (Å²) >= 11 is 1.75. The van der Waals surface area contributed by atoms with Crippen LogP contribution >= 0.6 is 11.3 Å². The predicted molar refractivity (Wildman–Crippen MR) is 74.7 cm³/mol. The lowest BCUT2D eigenvalue weighted by molar-refractivity contribution is 0.571. The number of nitrogens with one attached hydrogen (secondary N) is 1. The Morgan fingerprint density at radius 2 is 2.22 bits per heavy atom. The van der Waals surface area contributed by atoms with E-state index in [0.29, 0.717) is 0 Å². The van der Waals surface area contributed by atoms with Crippen LogP contribution in [-0.2, 0) is 18.5 Å². The van der Waals surface area contributed by atoms with Gasteiger partial charge in [-0.05, 0) is 0 Å². The Labute approximate surface area is 112 Å². The van der Waals surface area contributed by atoms with Gasteiger partial charge in [0.2, 0.25) is 0 Å². The van der Waals surface area contributed by atoms with Gasteiger partial charge >= 0.3 is 0 Å². The third-order valence-electron chi connectivity index (χ3n) is 2.61. The summed E-state index contributed by atoms with van der Waals surface area (Å²) in [6.45, 7) is 9.29. The summed E-state index contributed by atoms with van der Waals surface area (Å²) in [5.41, 5.74) is 1.29. The van der Waals surface area contributed by atoms with Crippen LogP contribution in [-0.4, -0.2) is 21.1 Å². The molecule has 0 aliphatic heterocycles. The van der Waals surface area contributed by atoms with E-state index in [1.165, 1.54) is 5.01 Å².